The van der Waals surface area contributed by atoms with Gasteiger partial charge in [0, 0.05) is 34.1 Å². The van der Waals surface area contributed by atoms with Gasteiger partial charge < -0.3 is 8.85 Å². The van der Waals surface area contributed by atoms with Crippen molar-refractivity contribution in [3.63, 3.8) is 0 Å². The molecule has 3 nitrogen and oxygen atoms in total. The highest BCUT2D eigenvalue weighted by Crippen LogP contribution is 2.59. The first-order chi connectivity index (χ1) is 8.98. The number of hydrogen-bond donors (Lipinski definition) is 0. The van der Waals surface area contributed by atoms with Crippen molar-refractivity contribution in [1.82, 2.24) is 0 Å². The molecule has 0 fully saturated rings. The SMILES string of the molecule is CO[Si](C)(C)C([Si](C)(C)C)([Si](C)(C)C)[Si](C)(C)OC(C)=O. The fourth-order valence-electron chi connectivity index (χ4n) is 6.05. The van der Waals surface area contributed by atoms with Crippen LogP contribution < -0.4 is 0 Å². The van der Waals surface area contributed by atoms with Gasteiger partial charge in [0.2, 0.25) is 8.32 Å². The molecule has 7 heteroatoms. The van der Waals surface area contributed by atoms with Crippen molar-refractivity contribution in [2.75, 3.05) is 7.11 Å². The third kappa shape index (κ3) is 3.46. The van der Waals surface area contributed by atoms with Crippen LogP contribution in [0.1, 0.15) is 6.92 Å². The van der Waals surface area contributed by atoms with Crippen molar-refractivity contribution in [3.05, 3.63) is 0 Å². The molecule has 0 spiro atoms. The Kier molecular flexibility index (Phi) is 6.15. The highest BCUT2D eigenvalue weighted by atomic mass is 28.5. The van der Waals surface area contributed by atoms with Crippen LogP contribution in [0.4, 0.5) is 0 Å². The molecule has 21 heavy (non-hydrogen) atoms. The average Bonchev–Trinajstić information content (AvgIpc) is 2.09. The molecule has 0 atom stereocenters. The van der Waals surface area contributed by atoms with Crippen LogP contribution in [-0.4, -0.2) is 45.9 Å². The summed E-state index contributed by atoms with van der Waals surface area (Å²) >= 11 is 0. The van der Waals surface area contributed by atoms with Crippen LogP contribution in [0.15, 0.2) is 0 Å². The molecule has 126 valence electrons. The normalized spacial score (nSPS) is 15.0. The highest BCUT2D eigenvalue weighted by molar-refractivity contribution is 7.27. The summed E-state index contributed by atoms with van der Waals surface area (Å²) in [6.07, 6.45) is 0. The Bertz CT molecular complexity index is 378. The predicted octanol–water partition coefficient (Wildman–Crippen LogP) is 4.64. The van der Waals surface area contributed by atoms with E-state index < -0.39 is 32.8 Å². The van der Waals surface area contributed by atoms with E-state index in [2.05, 4.69) is 65.5 Å². The maximum absolute atomic E-state index is 11.8. The van der Waals surface area contributed by atoms with Crippen molar-refractivity contribution >= 4 is 38.8 Å². The highest BCUT2D eigenvalue weighted by Gasteiger charge is 2.72. The quantitative estimate of drug-likeness (QED) is 0.644. The van der Waals surface area contributed by atoms with Crippen LogP contribution in [-0.2, 0) is 13.6 Å². The van der Waals surface area contributed by atoms with Gasteiger partial charge in [-0.3, -0.25) is 4.79 Å². The summed E-state index contributed by atoms with van der Waals surface area (Å²) in [5.41, 5.74) is 0. The number of hydrogen-bond acceptors (Lipinski definition) is 3. The minimum absolute atomic E-state index is 0.131. The van der Waals surface area contributed by atoms with Crippen LogP contribution in [0.25, 0.3) is 0 Å². The first-order valence-electron chi connectivity index (χ1n) is 7.72. The van der Waals surface area contributed by atoms with E-state index in [1.807, 2.05) is 7.11 Å². The third-order valence-corrected chi connectivity index (χ3v) is 39.2. The molecule has 0 aliphatic carbocycles. The van der Waals surface area contributed by atoms with E-state index >= 15 is 0 Å². The van der Waals surface area contributed by atoms with Gasteiger partial charge in [-0.25, -0.2) is 0 Å². The number of carbonyl (C=O) groups is 1. The summed E-state index contributed by atoms with van der Waals surface area (Å²) in [5.74, 6) is -0.131. The van der Waals surface area contributed by atoms with Gasteiger partial charge in [0.05, 0.1) is 0 Å². The number of rotatable bonds is 6. The molecule has 0 saturated carbocycles. The first-order valence-corrected chi connectivity index (χ1v) is 20.5. The van der Waals surface area contributed by atoms with Crippen LogP contribution in [0, 0.1) is 0 Å². The minimum atomic E-state index is -2.26. The molecule has 0 radical (unpaired) electrons. The van der Waals surface area contributed by atoms with Crippen LogP contribution in [0.2, 0.25) is 69.4 Å². The molecular weight excluding hydrogens is 328 g/mol. The molecule has 0 heterocycles. The lowest BCUT2D eigenvalue weighted by Gasteiger charge is -2.63. The molecule has 0 amide bonds. The lowest BCUT2D eigenvalue weighted by atomic mass is 10.9. The van der Waals surface area contributed by atoms with Gasteiger partial charge in [0.25, 0.3) is 5.97 Å². The Morgan fingerprint density at radius 1 is 0.762 bits per heavy atom. The van der Waals surface area contributed by atoms with E-state index in [1.54, 1.807) is 6.92 Å². The molecule has 0 aliphatic heterocycles. The maximum atomic E-state index is 11.8. The Balaban J connectivity index is 6.69. The standard InChI is InChI=1S/C14H36O3Si4/c1-13(15)17-21(11,12)14(18(3,4)5,19(6,7)8)20(9,10)16-2/h1-12H3. The van der Waals surface area contributed by atoms with E-state index in [4.69, 9.17) is 8.85 Å². The zero-order valence-corrected chi connectivity index (χ0v) is 20.2. The second-order valence-electron chi connectivity index (χ2n) is 9.07. The molecule has 0 unspecified atom stereocenters. The zero-order valence-electron chi connectivity index (χ0n) is 16.2. The molecule has 0 aliphatic rings. The van der Waals surface area contributed by atoms with Crippen LogP contribution in [0.5, 0.6) is 0 Å². The molecule has 0 bridgehead atoms. The topological polar surface area (TPSA) is 35.5 Å². The van der Waals surface area contributed by atoms with Gasteiger partial charge in [-0.05, 0) is 26.2 Å². The summed E-state index contributed by atoms with van der Waals surface area (Å²) < 4.78 is 12.4. The maximum Gasteiger partial charge on any atom is 0.289 e. The molecular formula is C14H36O3Si4. The van der Waals surface area contributed by atoms with Gasteiger partial charge >= 0.3 is 0 Å². The monoisotopic (exact) mass is 364 g/mol. The van der Waals surface area contributed by atoms with Gasteiger partial charge in [-0.2, -0.15) is 0 Å². The molecule has 0 N–H and O–H groups in total. The molecule has 0 aromatic heterocycles. The summed E-state index contributed by atoms with van der Waals surface area (Å²) in [6.45, 7) is 25.4. The number of carbonyl (C=O) groups excluding carboxylic acids is 1. The van der Waals surface area contributed by atoms with Crippen molar-refractivity contribution in [1.29, 1.82) is 0 Å². The van der Waals surface area contributed by atoms with Gasteiger partial charge in [-0.1, -0.05) is 39.3 Å². The zero-order chi connectivity index (χ0) is 17.5. The lowest BCUT2D eigenvalue weighted by molar-refractivity contribution is -0.132. The Labute approximate surface area is 136 Å². The Hall–Kier alpha value is 0.298. The van der Waals surface area contributed by atoms with Gasteiger partial charge in [0.15, 0.2) is 8.32 Å². The minimum Gasteiger partial charge on any atom is -0.520 e. The van der Waals surface area contributed by atoms with Crippen LogP contribution in [0.3, 0.4) is 0 Å². The van der Waals surface area contributed by atoms with Crippen LogP contribution >= 0.6 is 0 Å². The molecule has 0 saturated heterocycles. The summed E-state index contributed by atoms with van der Waals surface area (Å²) in [4.78, 5) is 11.8. The van der Waals surface area contributed by atoms with Crippen molar-refractivity contribution in [3.8, 4) is 0 Å². The fraction of sp³-hybridized carbons (Fsp3) is 0.929. The Morgan fingerprint density at radius 3 is 1.29 bits per heavy atom. The fourth-order valence-corrected chi connectivity index (χ4v) is 52.3. The second kappa shape index (κ2) is 6.07. The summed E-state index contributed by atoms with van der Waals surface area (Å²) in [5, 5.41) is 0. The van der Waals surface area contributed by atoms with E-state index in [0.717, 1.165) is 0 Å². The Morgan fingerprint density at radius 2 is 1.10 bits per heavy atom. The smallest absolute Gasteiger partial charge is 0.289 e. The third-order valence-electron chi connectivity index (χ3n) is 4.97. The second-order valence-corrected chi connectivity index (χ2v) is 30.7. The first kappa shape index (κ1) is 21.3. The van der Waals surface area contributed by atoms with Crippen molar-refractivity contribution < 1.29 is 13.6 Å². The van der Waals surface area contributed by atoms with E-state index in [9.17, 15) is 4.79 Å². The largest absolute Gasteiger partial charge is 0.520 e. The summed E-state index contributed by atoms with van der Waals surface area (Å²) in [7, 11) is -5.72. The lowest BCUT2D eigenvalue weighted by Crippen LogP contribution is -2.78. The van der Waals surface area contributed by atoms with E-state index in [1.165, 1.54) is 0 Å². The van der Waals surface area contributed by atoms with Gasteiger partial charge in [0.1, 0.15) is 0 Å². The van der Waals surface area contributed by atoms with Crippen molar-refractivity contribution in [2.24, 2.45) is 0 Å². The van der Waals surface area contributed by atoms with Crippen molar-refractivity contribution in [2.45, 2.75) is 76.3 Å². The van der Waals surface area contributed by atoms with Gasteiger partial charge in [-0.15, -0.1) is 0 Å². The predicted molar refractivity (Wildman–Crippen MR) is 103 cm³/mol. The van der Waals surface area contributed by atoms with E-state index in [0.29, 0.717) is 0 Å². The summed E-state index contributed by atoms with van der Waals surface area (Å²) in [6, 6.07) is 0. The van der Waals surface area contributed by atoms with E-state index in [-0.39, 0.29) is 9.88 Å². The molecule has 0 aromatic carbocycles. The molecule has 0 aromatic rings. The average molecular weight is 365 g/mol. The molecule has 0 rings (SSSR count).